The van der Waals surface area contributed by atoms with Crippen LogP contribution in [0.5, 0.6) is 0 Å². The third kappa shape index (κ3) is 9.38. The fraction of sp³-hybridized carbons (Fsp3) is 0.909. The fourth-order valence-electron chi connectivity index (χ4n) is 1.55. The van der Waals surface area contributed by atoms with Crippen LogP contribution < -0.4 is 0 Å². The lowest BCUT2D eigenvalue weighted by molar-refractivity contribution is -0.141. The Morgan fingerprint density at radius 3 is 2.31 bits per heavy atom. The molecule has 13 heavy (non-hydrogen) atoms. The van der Waals surface area contributed by atoms with E-state index in [4.69, 9.17) is 4.74 Å². The molecular weight excluding hydrogens is 164 g/mol. The van der Waals surface area contributed by atoms with Crippen molar-refractivity contribution in [3.05, 3.63) is 0 Å². The van der Waals surface area contributed by atoms with E-state index in [0.717, 1.165) is 6.42 Å². The number of carbonyl (C=O) groups excluding carboxylic acids is 1. The first-order valence-electron chi connectivity index (χ1n) is 4.94. The minimum Gasteiger partial charge on any atom is -0.466 e. The molecule has 0 aliphatic carbocycles. The zero-order valence-electron chi connectivity index (χ0n) is 9.52. The lowest BCUT2D eigenvalue weighted by Crippen LogP contribution is -2.13. The summed E-state index contributed by atoms with van der Waals surface area (Å²) in [4.78, 5) is 10.5. The summed E-state index contributed by atoms with van der Waals surface area (Å²) in [6, 6.07) is 0. The van der Waals surface area contributed by atoms with Crippen molar-refractivity contribution in [1.82, 2.24) is 0 Å². The summed E-state index contributed by atoms with van der Waals surface area (Å²) < 4.78 is 4.89. The van der Waals surface area contributed by atoms with Crippen molar-refractivity contribution in [1.29, 1.82) is 0 Å². The van der Waals surface area contributed by atoms with Crippen molar-refractivity contribution >= 4 is 5.97 Å². The maximum atomic E-state index is 10.5. The van der Waals surface area contributed by atoms with E-state index in [1.54, 1.807) is 0 Å². The number of ether oxygens (including phenoxy) is 1. The van der Waals surface area contributed by atoms with Gasteiger partial charge in [-0.2, -0.15) is 0 Å². The monoisotopic (exact) mass is 186 g/mol. The van der Waals surface area contributed by atoms with Crippen LogP contribution in [-0.4, -0.2) is 12.6 Å². The smallest absolute Gasteiger partial charge is 0.302 e. The average molecular weight is 186 g/mol. The highest BCUT2D eigenvalue weighted by Gasteiger charge is 2.15. The Hall–Kier alpha value is -0.530. The van der Waals surface area contributed by atoms with Gasteiger partial charge in [-0.1, -0.05) is 27.7 Å². The first kappa shape index (κ1) is 12.5. The van der Waals surface area contributed by atoms with Crippen LogP contribution in [0, 0.1) is 11.3 Å². The van der Waals surface area contributed by atoms with Crippen LogP contribution >= 0.6 is 0 Å². The number of rotatable bonds is 4. The quantitative estimate of drug-likeness (QED) is 0.631. The van der Waals surface area contributed by atoms with Crippen LogP contribution in [0.4, 0.5) is 0 Å². The second-order valence-electron chi connectivity index (χ2n) is 5.00. The fourth-order valence-corrected chi connectivity index (χ4v) is 1.55. The third-order valence-electron chi connectivity index (χ3n) is 1.88. The van der Waals surface area contributed by atoms with E-state index in [2.05, 4.69) is 27.7 Å². The average Bonchev–Trinajstić information content (AvgIpc) is 1.81. The molecule has 0 bridgehead atoms. The molecule has 0 aliphatic rings. The zero-order chi connectivity index (χ0) is 10.5. The highest BCUT2D eigenvalue weighted by atomic mass is 16.5. The number of esters is 1. The summed E-state index contributed by atoms with van der Waals surface area (Å²) in [7, 11) is 0. The lowest BCUT2D eigenvalue weighted by atomic mass is 9.84. The van der Waals surface area contributed by atoms with Gasteiger partial charge in [-0.05, 0) is 24.2 Å². The van der Waals surface area contributed by atoms with E-state index in [0.29, 0.717) is 17.9 Å². The molecule has 0 saturated heterocycles. The second kappa shape index (κ2) is 5.25. The van der Waals surface area contributed by atoms with Gasteiger partial charge in [0.25, 0.3) is 0 Å². The summed E-state index contributed by atoms with van der Waals surface area (Å²) in [5.74, 6) is 0.447. The van der Waals surface area contributed by atoms with E-state index in [1.807, 2.05) is 0 Å². The molecule has 0 amide bonds. The van der Waals surface area contributed by atoms with Crippen LogP contribution in [0.3, 0.4) is 0 Å². The highest BCUT2D eigenvalue weighted by Crippen LogP contribution is 2.25. The van der Waals surface area contributed by atoms with Gasteiger partial charge in [0.15, 0.2) is 0 Å². The molecule has 0 aromatic rings. The molecule has 78 valence electrons. The Morgan fingerprint density at radius 2 is 1.92 bits per heavy atom. The van der Waals surface area contributed by atoms with Gasteiger partial charge in [0.1, 0.15) is 0 Å². The van der Waals surface area contributed by atoms with Gasteiger partial charge in [0, 0.05) is 6.92 Å². The first-order valence-corrected chi connectivity index (χ1v) is 4.94. The molecule has 1 atom stereocenters. The lowest BCUT2D eigenvalue weighted by Gasteiger charge is -2.22. The van der Waals surface area contributed by atoms with Gasteiger partial charge < -0.3 is 4.74 Å². The van der Waals surface area contributed by atoms with Gasteiger partial charge in [0.2, 0.25) is 0 Å². The minimum atomic E-state index is -0.178. The Balaban J connectivity index is 3.52. The highest BCUT2D eigenvalue weighted by molar-refractivity contribution is 5.65. The molecule has 0 aromatic carbocycles. The van der Waals surface area contributed by atoms with Gasteiger partial charge in [0.05, 0.1) is 6.61 Å². The minimum absolute atomic E-state index is 0.178. The molecule has 0 radical (unpaired) electrons. The summed E-state index contributed by atoms with van der Waals surface area (Å²) in [6.07, 6.45) is 2.14. The van der Waals surface area contributed by atoms with Crippen molar-refractivity contribution in [3.8, 4) is 0 Å². The Kier molecular flexibility index (Phi) is 5.04. The molecule has 0 aromatic heterocycles. The van der Waals surface area contributed by atoms with Crippen molar-refractivity contribution in [2.24, 2.45) is 11.3 Å². The predicted molar refractivity (Wildman–Crippen MR) is 54.5 cm³/mol. The SMILES string of the molecule is CC(=O)OCC[C@@H](C)CC(C)(C)C. The molecule has 0 heterocycles. The van der Waals surface area contributed by atoms with E-state index < -0.39 is 0 Å². The Labute approximate surface area is 81.7 Å². The van der Waals surface area contributed by atoms with Crippen LogP contribution in [0.25, 0.3) is 0 Å². The molecule has 0 saturated carbocycles. The largest absolute Gasteiger partial charge is 0.466 e. The third-order valence-corrected chi connectivity index (χ3v) is 1.88. The van der Waals surface area contributed by atoms with E-state index >= 15 is 0 Å². The topological polar surface area (TPSA) is 26.3 Å². The standard InChI is InChI=1S/C11H22O2/c1-9(8-11(3,4)5)6-7-13-10(2)12/h9H,6-8H2,1-5H3/t9-/m1/s1. The number of carbonyl (C=O) groups is 1. The van der Waals surface area contributed by atoms with Crippen molar-refractivity contribution in [2.45, 2.75) is 47.5 Å². The predicted octanol–water partition coefficient (Wildman–Crippen LogP) is 3.01. The van der Waals surface area contributed by atoms with Gasteiger partial charge in [-0.25, -0.2) is 0 Å². The molecule has 0 N–H and O–H groups in total. The Morgan fingerprint density at radius 1 is 1.38 bits per heavy atom. The molecule has 2 heteroatoms. The second-order valence-corrected chi connectivity index (χ2v) is 5.00. The molecule has 0 spiro atoms. The molecule has 2 nitrogen and oxygen atoms in total. The summed E-state index contributed by atoms with van der Waals surface area (Å²) in [6.45, 7) is 10.9. The van der Waals surface area contributed by atoms with Gasteiger partial charge >= 0.3 is 5.97 Å². The number of hydrogen-bond donors (Lipinski definition) is 0. The van der Waals surface area contributed by atoms with Crippen LogP contribution in [0.15, 0.2) is 0 Å². The van der Waals surface area contributed by atoms with Crippen LogP contribution in [0.2, 0.25) is 0 Å². The molecule has 0 aliphatic heterocycles. The summed E-state index contributed by atoms with van der Waals surface area (Å²) in [5.41, 5.74) is 0.371. The van der Waals surface area contributed by atoms with Crippen LogP contribution in [-0.2, 0) is 9.53 Å². The van der Waals surface area contributed by atoms with Crippen molar-refractivity contribution in [3.63, 3.8) is 0 Å². The van der Waals surface area contributed by atoms with E-state index in [-0.39, 0.29) is 5.97 Å². The molecule has 0 unspecified atom stereocenters. The van der Waals surface area contributed by atoms with Gasteiger partial charge in [-0.3, -0.25) is 4.79 Å². The summed E-state index contributed by atoms with van der Waals surface area (Å²) in [5, 5.41) is 0. The molecular formula is C11H22O2. The number of hydrogen-bond acceptors (Lipinski definition) is 2. The first-order chi connectivity index (χ1) is 5.81. The van der Waals surface area contributed by atoms with Crippen molar-refractivity contribution < 1.29 is 9.53 Å². The maximum absolute atomic E-state index is 10.5. The van der Waals surface area contributed by atoms with E-state index in [1.165, 1.54) is 13.3 Å². The maximum Gasteiger partial charge on any atom is 0.302 e. The summed E-state index contributed by atoms with van der Waals surface area (Å²) >= 11 is 0. The van der Waals surface area contributed by atoms with Crippen molar-refractivity contribution in [2.75, 3.05) is 6.61 Å². The van der Waals surface area contributed by atoms with Crippen LogP contribution in [0.1, 0.15) is 47.5 Å². The zero-order valence-corrected chi connectivity index (χ0v) is 9.52. The van der Waals surface area contributed by atoms with E-state index in [9.17, 15) is 4.79 Å². The Bertz CT molecular complexity index is 156. The van der Waals surface area contributed by atoms with Gasteiger partial charge in [-0.15, -0.1) is 0 Å². The normalized spacial score (nSPS) is 13.9. The molecule has 0 rings (SSSR count). The molecule has 0 fully saturated rings.